The maximum absolute atomic E-state index is 11.6. The van der Waals surface area contributed by atoms with Gasteiger partial charge in [0.15, 0.2) is 9.84 Å². The largest absolute Gasteiger partial charge is 0.384 e. The molecule has 0 aliphatic carbocycles. The molecule has 0 amide bonds. The van der Waals surface area contributed by atoms with E-state index in [-0.39, 0.29) is 0 Å². The van der Waals surface area contributed by atoms with Gasteiger partial charge < -0.3 is 5.73 Å². The normalized spacial score (nSPS) is 11.9. The van der Waals surface area contributed by atoms with E-state index in [2.05, 4.69) is 20.4 Å². The predicted molar refractivity (Wildman–Crippen MR) is 78.5 cm³/mol. The SMILES string of the molecule is CS(=O)(=O)c1cccc(Cc2cc(N)nc3n[nH]nc23)c1. The van der Waals surface area contributed by atoms with Gasteiger partial charge in [0, 0.05) is 6.26 Å². The molecule has 0 radical (unpaired) electrons. The lowest BCUT2D eigenvalue weighted by molar-refractivity contribution is 0.602. The first-order chi connectivity index (χ1) is 9.93. The van der Waals surface area contributed by atoms with Gasteiger partial charge in [0.1, 0.15) is 11.3 Å². The van der Waals surface area contributed by atoms with Crippen LogP contribution in [0.4, 0.5) is 5.82 Å². The summed E-state index contributed by atoms with van der Waals surface area (Å²) in [5.74, 6) is 0.352. The number of aromatic amines is 1. The van der Waals surface area contributed by atoms with Crippen LogP contribution in [-0.2, 0) is 16.3 Å². The van der Waals surface area contributed by atoms with Crippen LogP contribution in [0.15, 0.2) is 35.2 Å². The predicted octanol–water partition coefficient (Wildman–Crippen LogP) is 0.929. The fourth-order valence-corrected chi connectivity index (χ4v) is 2.85. The minimum Gasteiger partial charge on any atom is -0.384 e. The first-order valence-electron chi connectivity index (χ1n) is 6.18. The first-order valence-corrected chi connectivity index (χ1v) is 8.07. The Morgan fingerprint density at radius 2 is 2.05 bits per heavy atom. The van der Waals surface area contributed by atoms with Gasteiger partial charge >= 0.3 is 0 Å². The lowest BCUT2D eigenvalue weighted by Gasteiger charge is -2.05. The van der Waals surface area contributed by atoms with Crippen molar-refractivity contribution in [2.24, 2.45) is 0 Å². The molecule has 0 aliphatic rings. The standard InChI is InChI=1S/C13H13N5O2S/c1-21(19,20)10-4-2-3-8(6-10)5-9-7-11(14)15-13-12(9)16-18-17-13/h2-4,6-7H,5H2,1H3,(H3,14,15,16,17,18). The van der Waals surface area contributed by atoms with Crippen molar-refractivity contribution >= 4 is 26.8 Å². The molecule has 108 valence electrons. The van der Waals surface area contributed by atoms with Gasteiger partial charge in [0.25, 0.3) is 0 Å². The molecule has 7 nitrogen and oxygen atoms in total. The Balaban J connectivity index is 2.05. The molecule has 3 N–H and O–H groups in total. The number of H-pyrrole nitrogens is 1. The molecule has 0 unspecified atom stereocenters. The zero-order valence-electron chi connectivity index (χ0n) is 11.2. The van der Waals surface area contributed by atoms with Gasteiger partial charge in [-0.05, 0) is 35.7 Å². The number of benzene rings is 1. The Hall–Kier alpha value is -2.48. The maximum atomic E-state index is 11.6. The summed E-state index contributed by atoms with van der Waals surface area (Å²) in [6.45, 7) is 0. The van der Waals surface area contributed by atoms with Crippen LogP contribution in [0.5, 0.6) is 0 Å². The summed E-state index contributed by atoms with van der Waals surface area (Å²) >= 11 is 0. The third-order valence-electron chi connectivity index (χ3n) is 3.11. The summed E-state index contributed by atoms with van der Waals surface area (Å²) in [5.41, 5.74) is 8.53. The fraction of sp³-hybridized carbons (Fsp3) is 0.154. The van der Waals surface area contributed by atoms with Crippen LogP contribution in [0.2, 0.25) is 0 Å². The van der Waals surface area contributed by atoms with Gasteiger partial charge in [-0.2, -0.15) is 10.3 Å². The molecule has 0 saturated carbocycles. The molecule has 0 spiro atoms. The average molecular weight is 303 g/mol. The van der Waals surface area contributed by atoms with Crippen LogP contribution < -0.4 is 5.73 Å². The molecule has 21 heavy (non-hydrogen) atoms. The smallest absolute Gasteiger partial charge is 0.203 e. The van der Waals surface area contributed by atoms with Crippen molar-refractivity contribution in [2.45, 2.75) is 11.3 Å². The quantitative estimate of drug-likeness (QED) is 0.744. The zero-order chi connectivity index (χ0) is 15.0. The monoisotopic (exact) mass is 303 g/mol. The van der Waals surface area contributed by atoms with E-state index in [1.807, 2.05) is 6.07 Å². The van der Waals surface area contributed by atoms with Gasteiger partial charge in [0.05, 0.1) is 4.90 Å². The molecule has 0 atom stereocenters. The number of nitrogens with two attached hydrogens (primary N) is 1. The average Bonchev–Trinajstić information content (AvgIpc) is 2.86. The molecular weight excluding hydrogens is 290 g/mol. The summed E-state index contributed by atoms with van der Waals surface area (Å²) in [4.78, 5) is 4.36. The highest BCUT2D eigenvalue weighted by atomic mass is 32.2. The third kappa shape index (κ3) is 2.70. The van der Waals surface area contributed by atoms with Crippen LogP contribution in [0.1, 0.15) is 11.1 Å². The maximum Gasteiger partial charge on any atom is 0.203 e. The van der Waals surface area contributed by atoms with Crippen molar-refractivity contribution < 1.29 is 8.42 Å². The number of hydrogen-bond donors (Lipinski definition) is 2. The number of nitrogens with one attached hydrogen (secondary N) is 1. The highest BCUT2D eigenvalue weighted by Crippen LogP contribution is 2.20. The summed E-state index contributed by atoms with van der Waals surface area (Å²) in [6.07, 6.45) is 1.69. The van der Waals surface area contributed by atoms with Gasteiger partial charge in [-0.3, -0.25) is 0 Å². The van der Waals surface area contributed by atoms with E-state index in [0.717, 1.165) is 11.1 Å². The van der Waals surface area contributed by atoms with E-state index in [0.29, 0.717) is 28.3 Å². The number of anilines is 1. The lowest BCUT2D eigenvalue weighted by Crippen LogP contribution is -2.00. The van der Waals surface area contributed by atoms with Gasteiger partial charge in [0.2, 0.25) is 5.65 Å². The van der Waals surface area contributed by atoms with Crippen LogP contribution in [0.3, 0.4) is 0 Å². The molecule has 8 heteroatoms. The summed E-state index contributed by atoms with van der Waals surface area (Å²) in [6, 6.07) is 8.52. The highest BCUT2D eigenvalue weighted by Gasteiger charge is 2.11. The van der Waals surface area contributed by atoms with Crippen molar-refractivity contribution in [3.05, 3.63) is 41.5 Å². The number of nitrogen functional groups attached to an aromatic ring is 1. The Labute approximate surface area is 121 Å². The molecule has 2 aromatic heterocycles. The number of rotatable bonds is 3. The minimum atomic E-state index is -3.23. The molecule has 2 heterocycles. The number of pyridine rings is 1. The van der Waals surface area contributed by atoms with E-state index in [1.165, 1.54) is 6.26 Å². The van der Waals surface area contributed by atoms with Gasteiger partial charge in [-0.15, -0.1) is 5.10 Å². The number of nitrogens with zero attached hydrogens (tertiary/aromatic N) is 3. The van der Waals surface area contributed by atoms with Crippen molar-refractivity contribution in [3.63, 3.8) is 0 Å². The summed E-state index contributed by atoms with van der Waals surface area (Å²) in [7, 11) is -3.23. The highest BCUT2D eigenvalue weighted by molar-refractivity contribution is 7.90. The van der Waals surface area contributed by atoms with Crippen molar-refractivity contribution in [3.8, 4) is 0 Å². The van der Waals surface area contributed by atoms with E-state index in [4.69, 9.17) is 5.73 Å². The second-order valence-corrected chi connectivity index (χ2v) is 6.81. The third-order valence-corrected chi connectivity index (χ3v) is 4.22. The zero-order valence-corrected chi connectivity index (χ0v) is 12.1. The van der Waals surface area contributed by atoms with Crippen molar-refractivity contribution in [2.75, 3.05) is 12.0 Å². The van der Waals surface area contributed by atoms with Gasteiger partial charge in [-0.25, -0.2) is 13.4 Å². The Bertz CT molecular complexity index is 917. The molecule has 0 fully saturated rings. The second-order valence-electron chi connectivity index (χ2n) is 4.80. The molecule has 0 saturated heterocycles. The Kier molecular flexibility index (Phi) is 3.09. The first kappa shape index (κ1) is 13.5. The van der Waals surface area contributed by atoms with E-state index in [1.54, 1.807) is 24.3 Å². The van der Waals surface area contributed by atoms with E-state index in [9.17, 15) is 8.42 Å². The van der Waals surface area contributed by atoms with Crippen molar-refractivity contribution in [1.29, 1.82) is 0 Å². The van der Waals surface area contributed by atoms with Crippen molar-refractivity contribution in [1.82, 2.24) is 20.4 Å². The molecule has 1 aromatic carbocycles. The number of aromatic nitrogens is 4. The lowest BCUT2D eigenvalue weighted by atomic mass is 10.1. The Morgan fingerprint density at radius 3 is 2.81 bits per heavy atom. The number of hydrogen-bond acceptors (Lipinski definition) is 6. The van der Waals surface area contributed by atoms with Crippen LogP contribution in [0.25, 0.3) is 11.2 Å². The summed E-state index contributed by atoms with van der Waals surface area (Å²) < 4.78 is 23.2. The molecule has 3 aromatic rings. The number of sulfone groups is 1. The fourth-order valence-electron chi connectivity index (χ4n) is 2.16. The van der Waals surface area contributed by atoms with Crippen LogP contribution in [0, 0.1) is 0 Å². The molecule has 0 aliphatic heterocycles. The van der Waals surface area contributed by atoms with Crippen LogP contribution in [-0.4, -0.2) is 35.1 Å². The Morgan fingerprint density at radius 1 is 1.24 bits per heavy atom. The number of fused-ring (bicyclic) bond motifs is 1. The second kappa shape index (κ2) is 4.81. The van der Waals surface area contributed by atoms with E-state index >= 15 is 0 Å². The van der Waals surface area contributed by atoms with Crippen LogP contribution >= 0.6 is 0 Å². The molecular formula is C13H13N5O2S. The van der Waals surface area contributed by atoms with Gasteiger partial charge in [-0.1, -0.05) is 12.1 Å². The minimum absolute atomic E-state index is 0.290. The molecule has 0 bridgehead atoms. The van der Waals surface area contributed by atoms with E-state index < -0.39 is 9.84 Å². The summed E-state index contributed by atoms with van der Waals surface area (Å²) in [5, 5.41) is 10.5. The molecule has 3 rings (SSSR count). The topological polar surface area (TPSA) is 115 Å².